The topological polar surface area (TPSA) is 86.8 Å². The molecular weight excluding hydrogens is 550 g/mol. The number of sulfonamides is 1. The predicted octanol–water partition coefficient (Wildman–Crippen LogP) is 4.90. The maximum Gasteiger partial charge on any atom is 0.416 e. The molecule has 0 aromatic heterocycles. The van der Waals surface area contributed by atoms with Crippen molar-refractivity contribution in [3.05, 3.63) is 95.3 Å². The monoisotopic (exact) mass is 579 g/mol. The molecule has 214 valence electrons. The van der Waals surface area contributed by atoms with Crippen LogP contribution in [0.4, 0.5) is 23.2 Å². The summed E-state index contributed by atoms with van der Waals surface area (Å²) >= 11 is 0. The van der Waals surface area contributed by atoms with Crippen LogP contribution in [-0.2, 0) is 32.3 Å². The minimum absolute atomic E-state index is 0.0685. The molecule has 0 saturated heterocycles. The predicted molar refractivity (Wildman–Crippen MR) is 142 cm³/mol. The van der Waals surface area contributed by atoms with E-state index in [0.717, 1.165) is 28.7 Å². The number of aryl methyl sites for hydroxylation is 1. The van der Waals surface area contributed by atoms with E-state index in [2.05, 4.69) is 5.32 Å². The highest BCUT2D eigenvalue weighted by atomic mass is 32.2. The number of alkyl halides is 3. The third-order valence-electron chi connectivity index (χ3n) is 6.17. The molecule has 0 bridgehead atoms. The van der Waals surface area contributed by atoms with Crippen molar-refractivity contribution < 1.29 is 35.6 Å². The maximum atomic E-state index is 14.5. The van der Waals surface area contributed by atoms with E-state index in [9.17, 15) is 35.6 Å². The summed E-state index contributed by atoms with van der Waals surface area (Å²) in [6.45, 7) is 3.70. The second-order valence-electron chi connectivity index (χ2n) is 9.06. The third kappa shape index (κ3) is 7.17. The van der Waals surface area contributed by atoms with E-state index in [1.165, 1.54) is 55.5 Å². The van der Waals surface area contributed by atoms with Crippen LogP contribution >= 0.6 is 0 Å². The first-order chi connectivity index (χ1) is 18.8. The average Bonchev–Trinajstić information content (AvgIpc) is 2.90. The van der Waals surface area contributed by atoms with E-state index < -0.39 is 57.7 Å². The number of carbonyl (C=O) groups is 2. The highest BCUT2D eigenvalue weighted by Gasteiger charge is 2.35. The first-order valence-electron chi connectivity index (χ1n) is 12.3. The summed E-state index contributed by atoms with van der Waals surface area (Å²) in [7, 11) is -4.56. The van der Waals surface area contributed by atoms with Gasteiger partial charge < -0.3 is 10.2 Å². The lowest BCUT2D eigenvalue weighted by Gasteiger charge is -2.32. The summed E-state index contributed by atoms with van der Waals surface area (Å²) in [6.07, 6.45) is -4.77. The van der Waals surface area contributed by atoms with Crippen LogP contribution in [0.25, 0.3) is 0 Å². The van der Waals surface area contributed by atoms with Gasteiger partial charge in [-0.1, -0.05) is 42.0 Å². The first-order valence-corrected chi connectivity index (χ1v) is 13.8. The Kier molecular flexibility index (Phi) is 9.56. The highest BCUT2D eigenvalue weighted by molar-refractivity contribution is 7.92. The van der Waals surface area contributed by atoms with Gasteiger partial charge in [-0.15, -0.1) is 0 Å². The summed E-state index contributed by atoms with van der Waals surface area (Å²) in [5.74, 6) is -2.14. The molecule has 0 fully saturated rings. The van der Waals surface area contributed by atoms with Gasteiger partial charge in [0.05, 0.1) is 16.1 Å². The molecule has 0 aliphatic carbocycles. The molecule has 2 amide bonds. The molecule has 3 aromatic rings. The van der Waals surface area contributed by atoms with Gasteiger partial charge in [0.2, 0.25) is 11.8 Å². The number of rotatable bonds is 10. The van der Waals surface area contributed by atoms with Gasteiger partial charge in [0.25, 0.3) is 10.0 Å². The molecule has 12 heteroatoms. The second kappa shape index (κ2) is 12.5. The molecule has 7 nitrogen and oxygen atoms in total. The first kappa shape index (κ1) is 30.6. The van der Waals surface area contributed by atoms with E-state index in [0.29, 0.717) is 10.4 Å². The summed E-state index contributed by atoms with van der Waals surface area (Å²) in [4.78, 5) is 27.1. The van der Waals surface area contributed by atoms with Crippen LogP contribution in [0.15, 0.2) is 77.7 Å². The van der Waals surface area contributed by atoms with Crippen molar-refractivity contribution in [2.45, 2.75) is 44.4 Å². The Hall–Kier alpha value is -3.93. The fourth-order valence-corrected chi connectivity index (χ4v) is 5.32. The van der Waals surface area contributed by atoms with E-state index in [-0.39, 0.29) is 23.5 Å². The van der Waals surface area contributed by atoms with Gasteiger partial charge in [-0.25, -0.2) is 12.8 Å². The SMILES string of the molecule is CCNC(=O)[C@H](C)N(Cc1ccccc1F)C(=O)CN(c1cccc(C(F)(F)F)c1)S(=O)(=O)c1ccc(C)cc1. The fraction of sp³-hybridized carbons (Fsp3) is 0.286. The number of nitrogens with zero attached hydrogens (tertiary/aromatic N) is 2. The van der Waals surface area contributed by atoms with Crippen molar-refractivity contribution in [3.8, 4) is 0 Å². The van der Waals surface area contributed by atoms with Crippen molar-refractivity contribution in [3.63, 3.8) is 0 Å². The van der Waals surface area contributed by atoms with Crippen LogP contribution in [-0.4, -0.2) is 44.3 Å². The molecule has 3 rings (SSSR count). The van der Waals surface area contributed by atoms with Crippen molar-refractivity contribution in [1.82, 2.24) is 10.2 Å². The number of nitrogens with one attached hydrogen (secondary N) is 1. The Labute approximate surface area is 230 Å². The number of halogens is 4. The zero-order valence-corrected chi connectivity index (χ0v) is 22.9. The van der Waals surface area contributed by atoms with Crippen LogP contribution < -0.4 is 9.62 Å². The number of benzene rings is 3. The van der Waals surface area contributed by atoms with E-state index in [1.54, 1.807) is 13.8 Å². The fourth-order valence-electron chi connectivity index (χ4n) is 3.92. The Morgan fingerprint density at radius 2 is 1.62 bits per heavy atom. The molecule has 0 unspecified atom stereocenters. The minimum Gasteiger partial charge on any atom is -0.355 e. The molecule has 0 aliphatic rings. The number of anilines is 1. The van der Waals surface area contributed by atoms with Crippen LogP contribution in [0.5, 0.6) is 0 Å². The quantitative estimate of drug-likeness (QED) is 0.346. The van der Waals surface area contributed by atoms with Crippen LogP contribution in [0.3, 0.4) is 0 Å². The number of amides is 2. The molecule has 0 spiro atoms. The normalized spacial score (nSPS) is 12.5. The molecule has 1 N–H and O–H groups in total. The number of carbonyl (C=O) groups excluding carboxylic acids is 2. The summed E-state index contributed by atoms with van der Waals surface area (Å²) in [5, 5.41) is 2.57. The lowest BCUT2D eigenvalue weighted by atomic mass is 10.1. The molecule has 40 heavy (non-hydrogen) atoms. The lowest BCUT2D eigenvalue weighted by Crippen LogP contribution is -2.51. The van der Waals surface area contributed by atoms with E-state index in [1.807, 2.05) is 0 Å². The standard InChI is InChI=1S/C28H29F4N3O4S/c1-4-33-27(37)20(3)34(17-21-8-5-6-11-25(21)29)26(36)18-35(23-10-7-9-22(16-23)28(30,31)32)40(38,39)24-14-12-19(2)13-15-24/h5-16,20H,4,17-18H2,1-3H3,(H,33,37)/t20-/m0/s1. The molecule has 1 atom stereocenters. The van der Waals surface area contributed by atoms with Gasteiger partial charge in [-0.2, -0.15) is 13.2 Å². The molecular formula is C28H29F4N3O4S. The Balaban J connectivity index is 2.10. The van der Waals surface area contributed by atoms with Gasteiger partial charge in [0.1, 0.15) is 18.4 Å². The number of hydrogen-bond donors (Lipinski definition) is 1. The van der Waals surface area contributed by atoms with Crippen molar-refractivity contribution >= 4 is 27.5 Å². The van der Waals surface area contributed by atoms with Gasteiger partial charge in [0.15, 0.2) is 0 Å². The molecule has 0 radical (unpaired) electrons. The van der Waals surface area contributed by atoms with Crippen LogP contribution in [0.1, 0.15) is 30.5 Å². The Morgan fingerprint density at radius 3 is 2.23 bits per heavy atom. The Morgan fingerprint density at radius 1 is 0.975 bits per heavy atom. The lowest BCUT2D eigenvalue weighted by molar-refractivity contribution is -0.139. The number of hydrogen-bond acceptors (Lipinski definition) is 4. The van der Waals surface area contributed by atoms with Gasteiger partial charge in [-0.05, 0) is 57.2 Å². The largest absolute Gasteiger partial charge is 0.416 e. The zero-order chi connectivity index (χ0) is 29.7. The van der Waals surface area contributed by atoms with Crippen molar-refractivity contribution in [2.75, 3.05) is 17.4 Å². The average molecular weight is 580 g/mol. The molecule has 0 heterocycles. The second-order valence-corrected chi connectivity index (χ2v) is 10.9. The Bertz CT molecular complexity index is 1460. The van der Waals surface area contributed by atoms with Crippen molar-refractivity contribution in [1.29, 1.82) is 0 Å². The highest BCUT2D eigenvalue weighted by Crippen LogP contribution is 2.33. The van der Waals surface area contributed by atoms with Gasteiger partial charge in [-0.3, -0.25) is 13.9 Å². The van der Waals surface area contributed by atoms with Gasteiger partial charge in [0, 0.05) is 18.7 Å². The van der Waals surface area contributed by atoms with Crippen LogP contribution in [0, 0.1) is 12.7 Å². The molecule has 0 saturated carbocycles. The van der Waals surface area contributed by atoms with Crippen LogP contribution in [0.2, 0.25) is 0 Å². The van der Waals surface area contributed by atoms with Crippen molar-refractivity contribution in [2.24, 2.45) is 0 Å². The minimum atomic E-state index is -4.77. The smallest absolute Gasteiger partial charge is 0.355 e. The molecule has 0 aliphatic heterocycles. The van der Waals surface area contributed by atoms with E-state index in [4.69, 9.17) is 0 Å². The third-order valence-corrected chi connectivity index (χ3v) is 7.95. The summed E-state index contributed by atoms with van der Waals surface area (Å²) in [6, 6.07) is 13.6. The molecule has 3 aromatic carbocycles. The zero-order valence-electron chi connectivity index (χ0n) is 22.1. The number of likely N-dealkylation sites (N-methyl/N-ethyl adjacent to an activating group) is 1. The maximum absolute atomic E-state index is 14.5. The summed E-state index contributed by atoms with van der Waals surface area (Å²) in [5.41, 5.74) is -0.702. The summed E-state index contributed by atoms with van der Waals surface area (Å²) < 4.78 is 83.0. The van der Waals surface area contributed by atoms with Gasteiger partial charge >= 0.3 is 6.18 Å². The van der Waals surface area contributed by atoms with E-state index >= 15 is 0 Å².